The number of phenols is 1. The molecule has 0 aliphatic rings. The van der Waals surface area contributed by atoms with E-state index in [1.165, 1.54) is 0 Å². The van der Waals surface area contributed by atoms with Crippen molar-refractivity contribution in [2.24, 2.45) is 5.73 Å². The second-order valence-corrected chi connectivity index (χ2v) is 7.28. The fraction of sp³-hybridized carbons (Fsp3) is 0.273. The van der Waals surface area contributed by atoms with E-state index >= 15 is 0 Å². The van der Waals surface area contributed by atoms with E-state index in [4.69, 9.17) is 5.73 Å². The molecular weight excluding hydrogens is 432 g/mol. The Hall–Kier alpha value is -3.56. The third-order valence-electron chi connectivity index (χ3n) is 5.13. The Bertz CT molecular complexity index is 1180. The molecule has 1 aromatic heterocycles. The minimum atomic E-state index is -4.88. The van der Waals surface area contributed by atoms with Gasteiger partial charge in [0.15, 0.2) is 11.6 Å². The number of aromatic nitrogens is 1. The maximum atomic E-state index is 14.2. The number of carbonyl (C=O) groups excluding carboxylic acids is 2. The van der Waals surface area contributed by atoms with Crippen molar-refractivity contribution in [2.45, 2.75) is 39.0 Å². The Balaban J connectivity index is 2.18. The molecule has 0 bridgehead atoms. The molecule has 0 aliphatic heterocycles. The largest absolute Gasteiger partial charge is 0.573 e. The van der Waals surface area contributed by atoms with Gasteiger partial charge in [0.05, 0.1) is 11.4 Å². The lowest BCUT2D eigenvalue weighted by molar-refractivity contribution is -0.274. The first-order chi connectivity index (χ1) is 14.9. The molecular formula is C22H20F4N2O4. The van der Waals surface area contributed by atoms with E-state index in [2.05, 4.69) is 4.74 Å². The van der Waals surface area contributed by atoms with Gasteiger partial charge in [0.2, 0.25) is 5.91 Å². The van der Waals surface area contributed by atoms with Gasteiger partial charge in [0.25, 0.3) is 5.91 Å². The molecule has 0 aliphatic carbocycles. The minimum Gasteiger partial charge on any atom is -0.505 e. The zero-order chi connectivity index (χ0) is 23.8. The van der Waals surface area contributed by atoms with Crippen molar-refractivity contribution in [1.82, 2.24) is 4.57 Å². The number of nitrogens with zero attached hydrogens (tertiary/aromatic N) is 1. The molecule has 0 spiro atoms. The van der Waals surface area contributed by atoms with Gasteiger partial charge in [-0.25, -0.2) is 4.39 Å². The summed E-state index contributed by atoms with van der Waals surface area (Å²) in [4.78, 5) is 25.4. The second-order valence-electron chi connectivity index (χ2n) is 7.28. The average Bonchev–Trinajstić information content (AvgIpc) is 2.96. The quantitative estimate of drug-likeness (QED) is 0.528. The van der Waals surface area contributed by atoms with Crippen LogP contribution in [0.4, 0.5) is 17.6 Å². The molecule has 3 aromatic rings. The van der Waals surface area contributed by atoms with Crippen LogP contribution in [0.1, 0.15) is 47.3 Å². The van der Waals surface area contributed by atoms with Crippen molar-refractivity contribution in [2.75, 3.05) is 0 Å². The van der Waals surface area contributed by atoms with Gasteiger partial charge in [0.1, 0.15) is 5.75 Å². The molecule has 1 atom stereocenters. The molecule has 0 saturated carbocycles. The van der Waals surface area contributed by atoms with Crippen LogP contribution >= 0.6 is 0 Å². The Morgan fingerprint density at radius 3 is 2.34 bits per heavy atom. The summed E-state index contributed by atoms with van der Waals surface area (Å²) in [6.07, 6.45) is -3.91. The van der Waals surface area contributed by atoms with Crippen LogP contribution in [0, 0.1) is 12.7 Å². The van der Waals surface area contributed by atoms with Crippen LogP contribution in [0.25, 0.3) is 10.9 Å². The lowest BCUT2D eigenvalue weighted by atomic mass is 9.91. The lowest BCUT2D eigenvalue weighted by Gasteiger charge is -2.14. The van der Waals surface area contributed by atoms with E-state index in [0.29, 0.717) is 24.1 Å². The summed E-state index contributed by atoms with van der Waals surface area (Å²) in [7, 11) is 0. The summed E-state index contributed by atoms with van der Waals surface area (Å²) in [6, 6.07) is 6.34. The van der Waals surface area contributed by atoms with E-state index in [1.807, 2.05) is 6.92 Å². The molecule has 1 amide bonds. The van der Waals surface area contributed by atoms with Gasteiger partial charge in [-0.2, -0.15) is 0 Å². The van der Waals surface area contributed by atoms with Crippen LogP contribution in [0.15, 0.2) is 36.4 Å². The lowest BCUT2D eigenvalue weighted by Crippen LogP contribution is -2.22. The molecule has 32 heavy (non-hydrogen) atoms. The van der Waals surface area contributed by atoms with Gasteiger partial charge in [-0.15, -0.1) is 13.2 Å². The van der Waals surface area contributed by atoms with Gasteiger partial charge < -0.3 is 15.6 Å². The summed E-state index contributed by atoms with van der Waals surface area (Å²) in [5.41, 5.74) is 6.36. The number of ether oxygens (including phenoxy) is 1. The number of hydrogen-bond donors (Lipinski definition) is 2. The highest BCUT2D eigenvalue weighted by Gasteiger charge is 2.31. The first-order valence-corrected chi connectivity index (χ1v) is 9.67. The number of rotatable bonds is 6. The van der Waals surface area contributed by atoms with Crippen LogP contribution in [0.5, 0.6) is 11.5 Å². The van der Waals surface area contributed by atoms with Crippen LogP contribution < -0.4 is 10.5 Å². The Kier molecular flexibility index (Phi) is 6.16. The molecule has 0 fully saturated rings. The van der Waals surface area contributed by atoms with Crippen molar-refractivity contribution in [1.29, 1.82) is 0 Å². The summed E-state index contributed by atoms with van der Waals surface area (Å²) < 4.78 is 56.3. The van der Waals surface area contributed by atoms with E-state index in [0.717, 1.165) is 41.0 Å². The summed E-state index contributed by atoms with van der Waals surface area (Å²) >= 11 is 0. The molecule has 3 rings (SSSR count). The highest BCUT2D eigenvalue weighted by atomic mass is 19.4. The highest BCUT2D eigenvalue weighted by molar-refractivity contribution is 6.05. The number of primary amides is 1. The van der Waals surface area contributed by atoms with Gasteiger partial charge >= 0.3 is 6.36 Å². The van der Waals surface area contributed by atoms with Crippen molar-refractivity contribution in [3.05, 3.63) is 59.0 Å². The third kappa shape index (κ3) is 4.39. The molecule has 6 nitrogen and oxygen atoms in total. The van der Waals surface area contributed by atoms with E-state index in [-0.39, 0.29) is 16.5 Å². The number of amides is 1. The molecule has 1 unspecified atom stereocenters. The summed E-state index contributed by atoms with van der Waals surface area (Å²) in [5, 5.41) is 10.2. The van der Waals surface area contributed by atoms with Crippen LogP contribution in [0.3, 0.4) is 0 Å². The van der Waals surface area contributed by atoms with E-state index in [9.17, 15) is 32.3 Å². The minimum absolute atomic E-state index is 0.00525. The van der Waals surface area contributed by atoms with Crippen LogP contribution in [-0.2, 0) is 4.79 Å². The van der Waals surface area contributed by atoms with Gasteiger partial charge in [0, 0.05) is 22.7 Å². The molecule has 1 heterocycles. The van der Waals surface area contributed by atoms with Gasteiger partial charge in [-0.05, 0) is 49.2 Å². The fourth-order valence-corrected chi connectivity index (χ4v) is 3.80. The molecule has 2 aromatic carbocycles. The Labute approximate surface area is 180 Å². The van der Waals surface area contributed by atoms with E-state index in [1.54, 1.807) is 6.92 Å². The number of carbonyl (C=O) groups is 2. The predicted octanol–water partition coefficient (Wildman–Crippen LogP) is 4.75. The maximum Gasteiger partial charge on any atom is 0.573 e. The van der Waals surface area contributed by atoms with Crippen LogP contribution in [0.2, 0.25) is 0 Å². The number of alkyl halides is 3. The van der Waals surface area contributed by atoms with Gasteiger partial charge in [-0.1, -0.05) is 13.3 Å². The number of aromatic hydroxyl groups is 1. The predicted molar refractivity (Wildman–Crippen MR) is 108 cm³/mol. The average molecular weight is 452 g/mol. The number of phenolic OH excluding ortho intramolecular Hbond substituents is 1. The summed E-state index contributed by atoms with van der Waals surface area (Å²) in [6.45, 7) is 3.40. The van der Waals surface area contributed by atoms with Crippen molar-refractivity contribution < 1.29 is 37.0 Å². The van der Waals surface area contributed by atoms with E-state index < -0.39 is 41.4 Å². The molecule has 0 saturated heterocycles. The number of benzene rings is 2. The maximum absolute atomic E-state index is 14.2. The highest BCUT2D eigenvalue weighted by Crippen LogP contribution is 2.37. The molecule has 0 radical (unpaired) electrons. The molecule has 170 valence electrons. The standard InChI is InChI=1S/C22H20F4N2O4/c1-3-4-14(20(27)30)19-11(2)28(17-10-16(23)18(29)9-15(17)19)21(31)12-5-7-13(8-6-12)32-22(24,25)26/h5-10,14,29H,3-4H2,1-2H3,(H2,27,30). The molecule has 3 N–H and O–H groups in total. The first kappa shape index (κ1) is 23.1. The third-order valence-corrected chi connectivity index (χ3v) is 5.13. The Morgan fingerprint density at radius 2 is 1.81 bits per heavy atom. The first-order valence-electron chi connectivity index (χ1n) is 9.67. The number of fused-ring (bicyclic) bond motifs is 1. The Morgan fingerprint density at radius 1 is 1.19 bits per heavy atom. The van der Waals surface area contributed by atoms with Gasteiger partial charge in [-0.3, -0.25) is 14.2 Å². The number of halogens is 4. The zero-order valence-electron chi connectivity index (χ0n) is 17.2. The zero-order valence-corrected chi connectivity index (χ0v) is 17.2. The fourth-order valence-electron chi connectivity index (χ4n) is 3.80. The van der Waals surface area contributed by atoms with Crippen LogP contribution in [-0.4, -0.2) is 27.9 Å². The second kappa shape index (κ2) is 8.52. The monoisotopic (exact) mass is 452 g/mol. The van der Waals surface area contributed by atoms with Crippen molar-refractivity contribution in [3.8, 4) is 11.5 Å². The number of hydrogen-bond acceptors (Lipinski definition) is 4. The summed E-state index contributed by atoms with van der Waals surface area (Å²) in [5.74, 6) is -4.23. The SMILES string of the molecule is CCCC(C(N)=O)c1c(C)n(C(=O)c2ccc(OC(F)(F)F)cc2)c2cc(F)c(O)cc12. The van der Waals surface area contributed by atoms with Crippen molar-refractivity contribution >= 4 is 22.7 Å². The molecule has 10 heteroatoms. The van der Waals surface area contributed by atoms with Crippen molar-refractivity contribution in [3.63, 3.8) is 0 Å². The normalized spacial score (nSPS) is 12.7. The smallest absolute Gasteiger partial charge is 0.505 e. The number of nitrogens with two attached hydrogens (primary N) is 1. The topological polar surface area (TPSA) is 94.6 Å².